The molecule has 3 N–H and O–H groups in total. The lowest BCUT2D eigenvalue weighted by atomic mass is 10.1. The van der Waals surface area contributed by atoms with E-state index < -0.39 is 0 Å². The average Bonchev–Trinajstić information content (AvgIpc) is 2.82. The Kier molecular flexibility index (Phi) is 9.97. The molecule has 4 rings (SSSR count). The number of benzene rings is 1. The molecule has 1 aliphatic heterocycles. The number of nitrogen functional groups attached to an aromatic ring is 1. The molecule has 1 saturated heterocycles. The Labute approximate surface area is 215 Å². The number of ether oxygens (including phenoxy) is 4. The number of hydrogen-bond donors (Lipinski definition) is 2. The summed E-state index contributed by atoms with van der Waals surface area (Å²) in [5, 5.41) is 4.75. The molecule has 0 radical (unpaired) electrons. The highest BCUT2D eigenvalue weighted by molar-refractivity contribution is 6.41. The number of hydrogen-bond acceptors (Lipinski definition) is 9. The maximum atomic E-state index is 6.57. The molecule has 0 amide bonds. The fourth-order valence-electron chi connectivity index (χ4n) is 3.35. The van der Waals surface area contributed by atoms with Crippen LogP contribution in [0.1, 0.15) is 20.3 Å². The topological polar surface area (TPSA) is 114 Å². The van der Waals surface area contributed by atoms with Crippen molar-refractivity contribution in [2.45, 2.75) is 20.3 Å². The van der Waals surface area contributed by atoms with Crippen molar-refractivity contribution in [1.29, 1.82) is 0 Å². The van der Waals surface area contributed by atoms with Gasteiger partial charge in [-0.2, -0.15) is 0 Å². The minimum atomic E-state index is 0.168. The minimum absolute atomic E-state index is 0.168. The molecule has 0 unspecified atom stereocenters. The van der Waals surface area contributed by atoms with Gasteiger partial charge in [0.1, 0.15) is 17.0 Å². The SMILES string of the molecule is CCCOCC.COc1cc(OC)c(Cl)c(-c2cc3cnc(N)nc3c(NCC3COC3)n2)c1Cl. The summed E-state index contributed by atoms with van der Waals surface area (Å²) in [6.45, 7) is 8.01. The molecule has 0 saturated carbocycles. The van der Waals surface area contributed by atoms with Crippen LogP contribution in [0.5, 0.6) is 11.5 Å². The van der Waals surface area contributed by atoms with Gasteiger partial charge < -0.3 is 30.0 Å². The highest BCUT2D eigenvalue weighted by Gasteiger charge is 2.23. The zero-order chi connectivity index (χ0) is 25.4. The van der Waals surface area contributed by atoms with Gasteiger partial charge in [0.05, 0.1) is 43.2 Å². The van der Waals surface area contributed by atoms with Crippen LogP contribution in [0.15, 0.2) is 18.3 Å². The van der Waals surface area contributed by atoms with Gasteiger partial charge in [-0.25, -0.2) is 15.0 Å². The van der Waals surface area contributed by atoms with Gasteiger partial charge in [0.15, 0.2) is 5.82 Å². The molecule has 0 spiro atoms. The Balaban J connectivity index is 0.000000509. The Hall–Kier alpha value is -2.59. The molecule has 11 heteroatoms. The van der Waals surface area contributed by atoms with Gasteiger partial charge in [-0.3, -0.25) is 0 Å². The fourth-order valence-corrected chi connectivity index (χ4v) is 4.04. The second-order valence-corrected chi connectivity index (χ2v) is 8.54. The van der Waals surface area contributed by atoms with Crippen molar-refractivity contribution in [3.63, 3.8) is 0 Å². The van der Waals surface area contributed by atoms with Crippen LogP contribution in [0.2, 0.25) is 10.0 Å². The normalized spacial score (nSPS) is 13.1. The lowest BCUT2D eigenvalue weighted by Gasteiger charge is -2.26. The third kappa shape index (κ3) is 6.55. The standard InChI is InChI=1S/C19H19Cl2N5O3.C5H12O/c1-27-12-4-13(28-2)16(21)14(15(12)20)11-3-10-6-24-19(22)26-17(10)18(25-11)23-5-9-7-29-8-9;1-3-5-6-4-2/h3-4,6,9H,5,7-8H2,1-2H3,(H,23,25)(H2,22,24,26);3-5H2,1-2H3. The van der Waals surface area contributed by atoms with Gasteiger partial charge in [0.25, 0.3) is 0 Å². The Morgan fingerprint density at radius 2 is 1.77 bits per heavy atom. The quantitative estimate of drug-likeness (QED) is 0.370. The predicted octanol–water partition coefficient (Wildman–Crippen LogP) is 5.09. The van der Waals surface area contributed by atoms with Crippen molar-refractivity contribution in [3.05, 3.63) is 28.4 Å². The third-order valence-electron chi connectivity index (χ3n) is 5.23. The van der Waals surface area contributed by atoms with Crippen LogP contribution < -0.4 is 20.5 Å². The Bertz CT molecular complexity index is 1110. The number of halogens is 2. The molecule has 0 bridgehead atoms. The summed E-state index contributed by atoms with van der Waals surface area (Å²) in [5.74, 6) is 2.01. The summed E-state index contributed by atoms with van der Waals surface area (Å²) >= 11 is 13.1. The predicted molar refractivity (Wildman–Crippen MR) is 140 cm³/mol. The van der Waals surface area contributed by atoms with Crippen molar-refractivity contribution in [2.24, 2.45) is 5.92 Å². The molecule has 1 fully saturated rings. The van der Waals surface area contributed by atoms with Crippen LogP contribution in [0.3, 0.4) is 0 Å². The Morgan fingerprint density at radius 1 is 1.09 bits per heavy atom. The summed E-state index contributed by atoms with van der Waals surface area (Å²) in [6.07, 6.45) is 2.77. The third-order valence-corrected chi connectivity index (χ3v) is 5.98. The smallest absolute Gasteiger partial charge is 0.220 e. The molecule has 0 atom stereocenters. The van der Waals surface area contributed by atoms with Gasteiger partial charge in [-0.15, -0.1) is 0 Å². The first-order valence-electron chi connectivity index (χ1n) is 11.4. The first-order valence-corrected chi connectivity index (χ1v) is 12.1. The number of anilines is 2. The van der Waals surface area contributed by atoms with Crippen LogP contribution in [0, 0.1) is 5.92 Å². The zero-order valence-corrected chi connectivity index (χ0v) is 21.9. The average molecular weight is 524 g/mol. The highest BCUT2D eigenvalue weighted by Crippen LogP contribution is 2.46. The molecule has 1 aromatic carbocycles. The Morgan fingerprint density at radius 3 is 2.29 bits per heavy atom. The summed E-state index contributed by atoms with van der Waals surface area (Å²) in [5.41, 5.74) is 7.43. The van der Waals surface area contributed by atoms with E-state index in [-0.39, 0.29) is 5.95 Å². The van der Waals surface area contributed by atoms with E-state index in [1.807, 2.05) is 6.92 Å². The van der Waals surface area contributed by atoms with E-state index in [2.05, 4.69) is 22.2 Å². The lowest BCUT2D eigenvalue weighted by molar-refractivity contribution is -0.0248. The second kappa shape index (κ2) is 12.9. The largest absolute Gasteiger partial charge is 0.495 e. The van der Waals surface area contributed by atoms with Gasteiger partial charge in [-0.1, -0.05) is 30.1 Å². The van der Waals surface area contributed by atoms with Gasteiger partial charge in [-0.05, 0) is 19.4 Å². The van der Waals surface area contributed by atoms with Crippen LogP contribution in [0.4, 0.5) is 11.8 Å². The molecule has 3 heterocycles. The van der Waals surface area contributed by atoms with Crippen LogP contribution in [0.25, 0.3) is 22.2 Å². The van der Waals surface area contributed by atoms with Gasteiger partial charge in [0.2, 0.25) is 5.95 Å². The van der Waals surface area contributed by atoms with Gasteiger partial charge in [0, 0.05) is 48.9 Å². The molecule has 1 aliphatic rings. The van der Waals surface area contributed by atoms with E-state index in [9.17, 15) is 0 Å². The number of nitrogens with zero attached hydrogens (tertiary/aromatic N) is 3. The number of nitrogens with two attached hydrogens (primary N) is 1. The molecular formula is C24H31Cl2N5O4. The van der Waals surface area contributed by atoms with Crippen molar-refractivity contribution >= 4 is 45.9 Å². The summed E-state index contributed by atoms with van der Waals surface area (Å²) < 4.78 is 21.0. The maximum absolute atomic E-state index is 6.57. The summed E-state index contributed by atoms with van der Waals surface area (Å²) in [6, 6.07) is 3.44. The number of fused-ring (bicyclic) bond motifs is 1. The van der Waals surface area contributed by atoms with E-state index in [0.717, 1.165) is 25.0 Å². The van der Waals surface area contributed by atoms with E-state index in [0.29, 0.717) is 69.8 Å². The van der Waals surface area contributed by atoms with Crippen LogP contribution in [-0.2, 0) is 9.47 Å². The van der Waals surface area contributed by atoms with Crippen molar-refractivity contribution in [3.8, 4) is 22.8 Å². The van der Waals surface area contributed by atoms with Gasteiger partial charge >= 0.3 is 0 Å². The van der Waals surface area contributed by atoms with Crippen molar-refractivity contribution in [1.82, 2.24) is 15.0 Å². The first kappa shape index (κ1) is 27.0. The molecule has 0 aliphatic carbocycles. The molecular weight excluding hydrogens is 493 g/mol. The molecule has 3 aromatic rings. The zero-order valence-electron chi connectivity index (χ0n) is 20.4. The summed E-state index contributed by atoms with van der Waals surface area (Å²) in [4.78, 5) is 13.2. The monoisotopic (exact) mass is 523 g/mol. The fraction of sp³-hybridized carbons (Fsp3) is 0.458. The number of rotatable bonds is 9. The van der Waals surface area contributed by atoms with Crippen LogP contribution >= 0.6 is 23.2 Å². The van der Waals surface area contributed by atoms with E-state index in [4.69, 9.17) is 52.9 Å². The number of methoxy groups -OCH3 is 2. The summed E-state index contributed by atoms with van der Waals surface area (Å²) in [7, 11) is 3.05. The second-order valence-electron chi connectivity index (χ2n) is 7.79. The van der Waals surface area contributed by atoms with E-state index in [1.54, 1.807) is 18.3 Å². The minimum Gasteiger partial charge on any atom is -0.495 e. The van der Waals surface area contributed by atoms with E-state index >= 15 is 0 Å². The first-order chi connectivity index (χ1) is 16.9. The maximum Gasteiger partial charge on any atom is 0.220 e. The molecule has 190 valence electrons. The number of nitrogens with one attached hydrogen (secondary N) is 1. The van der Waals surface area contributed by atoms with Crippen molar-refractivity contribution < 1.29 is 18.9 Å². The number of aromatic nitrogens is 3. The van der Waals surface area contributed by atoms with E-state index in [1.165, 1.54) is 14.2 Å². The molecule has 2 aromatic heterocycles. The lowest BCUT2D eigenvalue weighted by Crippen LogP contribution is -2.33. The molecule has 9 nitrogen and oxygen atoms in total. The number of pyridine rings is 1. The van der Waals surface area contributed by atoms with Crippen LogP contribution in [-0.4, -0.2) is 62.1 Å². The molecule has 35 heavy (non-hydrogen) atoms. The highest BCUT2D eigenvalue weighted by atomic mass is 35.5. The van der Waals surface area contributed by atoms with Crippen molar-refractivity contribution in [2.75, 3.05) is 58.2 Å².